The molecule has 4 unspecified atom stereocenters. The average molecular weight is 515 g/mol. The zero-order chi connectivity index (χ0) is 27.0. The second-order valence-electron chi connectivity index (χ2n) is 10.0. The molecule has 2 N–H and O–H groups in total. The van der Waals surface area contributed by atoms with Crippen molar-refractivity contribution in [1.82, 2.24) is 0 Å². The largest absolute Gasteiger partial charge is 0.481 e. The Hall–Kier alpha value is -2.12. The minimum Gasteiger partial charge on any atom is -0.481 e. The topological polar surface area (TPSA) is 127 Å². The molecule has 0 aliphatic carbocycles. The van der Waals surface area contributed by atoms with E-state index in [-0.39, 0.29) is 6.10 Å². The molecule has 0 bridgehead atoms. The molecule has 4 atom stereocenters. The molecule has 0 fully saturated rings. The Morgan fingerprint density at radius 1 is 0.583 bits per heavy atom. The van der Waals surface area contributed by atoms with E-state index < -0.39 is 29.9 Å². The van der Waals surface area contributed by atoms with Crippen LogP contribution in [0, 0.1) is 11.8 Å². The van der Waals surface area contributed by atoms with Gasteiger partial charge in [0.2, 0.25) is 0 Å². The van der Waals surface area contributed by atoms with E-state index in [1.165, 1.54) is 71.1 Å². The summed E-state index contributed by atoms with van der Waals surface area (Å²) in [5.74, 6) is -3.67. The van der Waals surface area contributed by atoms with Crippen molar-refractivity contribution >= 4 is 24.9 Å². The maximum atomic E-state index is 11.2. The van der Waals surface area contributed by atoms with Gasteiger partial charge in [-0.2, -0.15) is 0 Å². The average Bonchev–Trinajstić information content (AvgIpc) is 2.84. The second-order valence-corrected chi connectivity index (χ2v) is 10.0. The van der Waals surface area contributed by atoms with Crippen molar-refractivity contribution in [2.45, 2.75) is 142 Å². The van der Waals surface area contributed by atoms with E-state index in [1.54, 1.807) is 6.92 Å². The number of hydrogen-bond acceptors (Lipinski definition) is 6. The molecule has 0 saturated heterocycles. The van der Waals surface area contributed by atoms with Crippen LogP contribution < -0.4 is 0 Å². The first-order valence-corrected chi connectivity index (χ1v) is 14.0. The van der Waals surface area contributed by atoms with Gasteiger partial charge < -0.3 is 19.7 Å². The Balaban J connectivity index is 3.47. The van der Waals surface area contributed by atoms with E-state index in [2.05, 4.69) is 0 Å². The predicted molar refractivity (Wildman–Crippen MR) is 139 cm³/mol. The van der Waals surface area contributed by atoms with Crippen LogP contribution in [0.15, 0.2) is 0 Å². The van der Waals surface area contributed by atoms with E-state index >= 15 is 0 Å². The van der Waals surface area contributed by atoms with E-state index in [0.717, 1.165) is 38.5 Å². The third-order valence-corrected chi connectivity index (χ3v) is 7.09. The van der Waals surface area contributed by atoms with Crippen LogP contribution in [0.25, 0.3) is 0 Å². The van der Waals surface area contributed by atoms with Gasteiger partial charge in [0.05, 0.1) is 11.8 Å². The molecular formula is C28H50O8. The highest BCUT2D eigenvalue weighted by Crippen LogP contribution is 2.21. The Kier molecular flexibility index (Phi) is 21.9. The molecule has 0 saturated carbocycles. The molecule has 36 heavy (non-hydrogen) atoms. The molecular weight excluding hydrogens is 464 g/mol. The Labute approximate surface area is 217 Å². The highest BCUT2D eigenvalue weighted by atomic mass is 16.6. The van der Waals surface area contributed by atoms with Crippen molar-refractivity contribution in [3.8, 4) is 0 Å². The summed E-state index contributed by atoms with van der Waals surface area (Å²) in [5.41, 5.74) is 0. The van der Waals surface area contributed by atoms with E-state index in [4.69, 9.17) is 14.6 Å². The Morgan fingerprint density at radius 3 is 1.28 bits per heavy atom. The number of hydrogen-bond donors (Lipinski definition) is 2. The second kappa shape index (κ2) is 23.3. The van der Waals surface area contributed by atoms with Gasteiger partial charge in [0.15, 0.2) is 0 Å². The van der Waals surface area contributed by atoms with E-state index in [1.807, 2.05) is 0 Å². The summed E-state index contributed by atoms with van der Waals surface area (Å²) in [5, 5.41) is 18.2. The van der Waals surface area contributed by atoms with Gasteiger partial charge in [-0.1, -0.05) is 103 Å². The minimum atomic E-state index is -1.04. The zero-order valence-corrected chi connectivity index (χ0v) is 22.5. The summed E-state index contributed by atoms with van der Waals surface area (Å²) >= 11 is 0. The molecule has 0 aromatic rings. The van der Waals surface area contributed by atoms with Gasteiger partial charge in [-0.3, -0.25) is 19.2 Å². The third kappa shape index (κ3) is 18.2. The van der Waals surface area contributed by atoms with Crippen molar-refractivity contribution < 1.29 is 38.9 Å². The minimum absolute atomic E-state index is 0.362. The van der Waals surface area contributed by atoms with Crippen LogP contribution in [-0.2, 0) is 28.7 Å². The fourth-order valence-electron chi connectivity index (χ4n) is 4.60. The first kappa shape index (κ1) is 33.9. The molecule has 0 aliphatic rings. The lowest BCUT2D eigenvalue weighted by molar-refractivity contribution is -0.153. The van der Waals surface area contributed by atoms with Crippen molar-refractivity contribution in [2.75, 3.05) is 0 Å². The smallest absolute Gasteiger partial charge is 0.307 e. The molecule has 8 heteroatoms. The maximum Gasteiger partial charge on any atom is 0.307 e. The lowest BCUT2D eigenvalue weighted by Gasteiger charge is -2.20. The summed E-state index contributed by atoms with van der Waals surface area (Å²) in [6, 6.07) is 0. The zero-order valence-electron chi connectivity index (χ0n) is 22.5. The molecule has 0 rings (SSSR count). The van der Waals surface area contributed by atoms with Crippen molar-refractivity contribution in [2.24, 2.45) is 11.8 Å². The monoisotopic (exact) mass is 514 g/mol. The van der Waals surface area contributed by atoms with Gasteiger partial charge in [-0.25, -0.2) is 0 Å². The summed E-state index contributed by atoms with van der Waals surface area (Å²) in [6.45, 7) is 4.02. The summed E-state index contributed by atoms with van der Waals surface area (Å²) in [4.78, 5) is 43.3. The van der Waals surface area contributed by atoms with Gasteiger partial charge in [-0.05, 0) is 26.2 Å². The fraction of sp³-hybridized carbons (Fsp3) is 0.857. The van der Waals surface area contributed by atoms with Gasteiger partial charge in [0, 0.05) is 0 Å². The molecule has 0 aromatic heterocycles. The SMILES string of the molecule is CC(OC=O)C(CCCCCCCCCCCCCCCCCCC(C(=O)O)C(C)C(=O)O)OC=O. The van der Waals surface area contributed by atoms with Crippen LogP contribution in [0.1, 0.15) is 129 Å². The van der Waals surface area contributed by atoms with Crippen molar-refractivity contribution in [1.29, 1.82) is 0 Å². The summed E-state index contributed by atoms with van der Waals surface area (Å²) in [7, 11) is 0. The fourth-order valence-corrected chi connectivity index (χ4v) is 4.60. The number of ether oxygens (including phenoxy) is 2. The predicted octanol–water partition coefficient (Wildman–Crippen LogP) is 6.53. The van der Waals surface area contributed by atoms with Crippen LogP contribution in [0.5, 0.6) is 0 Å². The normalized spacial score (nSPS) is 14.4. The number of unbranched alkanes of at least 4 members (excludes halogenated alkanes) is 15. The van der Waals surface area contributed by atoms with Crippen LogP contribution >= 0.6 is 0 Å². The molecule has 0 aliphatic heterocycles. The van der Waals surface area contributed by atoms with Crippen molar-refractivity contribution in [3.63, 3.8) is 0 Å². The highest BCUT2D eigenvalue weighted by molar-refractivity contribution is 5.79. The Bertz CT molecular complexity index is 580. The Morgan fingerprint density at radius 2 is 0.944 bits per heavy atom. The molecule has 0 spiro atoms. The highest BCUT2D eigenvalue weighted by Gasteiger charge is 2.29. The van der Waals surface area contributed by atoms with Crippen molar-refractivity contribution in [3.05, 3.63) is 0 Å². The molecule has 0 heterocycles. The van der Waals surface area contributed by atoms with Crippen LogP contribution in [0.2, 0.25) is 0 Å². The summed E-state index contributed by atoms with van der Waals surface area (Å²) < 4.78 is 9.89. The van der Waals surface area contributed by atoms with E-state index in [9.17, 15) is 24.3 Å². The molecule has 0 radical (unpaired) electrons. The number of aliphatic carboxylic acids is 2. The lowest BCUT2D eigenvalue weighted by Crippen LogP contribution is -2.28. The van der Waals surface area contributed by atoms with Crippen LogP contribution in [0.3, 0.4) is 0 Å². The third-order valence-electron chi connectivity index (χ3n) is 7.09. The number of rotatable bonds is 27. The number of carboxylic acid groups (broad SMARTS) is 2. The maximum absolute atomic E-state index is 11.2. The van der Waals surface area contributed by atoms with Crippen LogP contribution in [0.4, 0.5) is 0 Å². The first-order chi connectivity index (χ1) is 17.3. The molecule has 0 amide bonds. The molecule has 0 aromatic carbocycles. The van der Waals surface area contributed by atoms with Gasteiger partial charge in [0.25, 0.3) is 12.9 Å². The standard InChI is InChI=1S/C28H50O8/c1-23(27(31)32)25(28(33)34)19-17-15-13-11-9-7-5-3-4-6-8-10-12-14-16-18-20-26(36-22-30)24(2)35-21-29/h21-26H,3-20H2,1-2H3,(H,31,32)(H,33,34). The quantitative estimate of drug-likeness (QED) is 0.0935. The van der Waals surface area contributed by atoms with Gasteiger partial charge in [0.1, 0.15) is 12.2 Å². The number of carbonyl (C=O) groups is 4. The summed E-state index contributed by atoms with van der Waals surface area (Å²) in [6.07, 6.45) is 19.0. The lowest BCUT2D eigenvalue weighted by atomic mass is 9.89. The van der Waals surface area contributed by atoms with Gasteiger partial charge in [-0.15, -0.1) is 0 Å². The van der Waals surface area contributed by atoms with Crippen LogP contribution in [-0.4, -0.2) is 47.3 Å². The number of carboxylic acids is 2. The molecule has 210 valence electrons. The number of carbonyl (C=O) groups excluding carboxylic acids is 2. The first-order valence-electron chi connectivity index (χ1n) is 14.0. The van der Waals surface area contributed by atoms with Gasteiger partial charge >= 0.3 is 11.9 Å². The van der Waals surface area contributed by atoms with E-state index in [0.29, 0.717) is 25.8 Å². The molecule has 8 nitrogen and oxygen atoms in total.